The van der Waals surface area contributed by atoms with E-state index >= 15 is 0 Å². The van der Waals surface area contributed by atoms with Gasteiger partial charge in [0.2, 0.25) is 0 Å². The molecule has 0 aliphatic carbocycles. The first-order valence-electron chi connectivity index (χ1n) is 3.36. The normalized spacial score (nSPS) is 10.1. The van der Waals surface area contributed by atoms with Crippen molar-refractivity contribution >= 4 is 28.4 Å². The summed E-state index contributed by atoms with van der Waals surface area (Å²) in [7, 11) is 4.41. The molecule has 0 spiro atoms. The molecule has 0 aliphatic rings. The van der Waals surface area contributed by atoms with Crippen molar-refractivity contribution in [1.29, 1.82) is 5.26 Å². The van der Waals surface area contributed by atoms with Crippen LogP contribution in [0.2, 0.25) is 0 Å². The second kappa shape index (κ2) is 4.41. The molecule has 0 saturated carbocycles. The van der Waals surface area contributed by atoms with E-state index in [1.807, 2.05) is 18.2 Å². The first-order chi connectivity index (χ1) is 5.76. The predicted octanol–water partition coefficient (Wildman–Crippen LogP) is 0.980. The molecule has 1 rings (SSSR count). The molecule has 0 amide bonds. The molecule has 62 valence electrons. The van der Waals surface area contributed by atoms with Crippen LogP contribution in [0.3, 0.4) is 0 Å². The third-order valence-electron chi connectivity index (χ3n) is 1.36. The highest BCUT2D eigenvalue weighted by Crippen LogP contribution is 2.13. The van der Waals surface area contributed by atoms with Crippen LogP contribution in [0.1, 0.15) is 0 Å². The van der Waals surface area contributed by atoms with Gasteiger partial charge in [-0.3, -0.25) is 0 Å². The summed E-state index contributed by atoms with van der Waals surface area (Å²) in [6.45, 7) is 0. The van der Waals surface area contributed by atoms with E-state index in [9.17, 15) is 0 Å². The van der Waals surface area contributed by atoms with Gasteiger partial charge in [0.1, 0.15) is 5.75 Å². The van der Waals surface area contributed by atoms with E-state index in [-0.39, 0.29) is 8.58 Å². The molecule has 4 heteroatoms. The Morgan fingerprint density at radius 2 is 2.25 bits per heavy atom. The monoisotopic (exact) mass is 197 g/mol. The van der Waals surface area contributed by atoms with Crippen LogP contribution in [0.15, 0.2) is 18.2 Å². The Hall–Kier alpha value is -0.630. The van der Waals surface area contributed by atoms with Crippen LogP contribution in [0.25, 0.3) is 0 Å². The van der Waals surface area contributed by atoms with Gasteiger partial charge in [0.15, 0.2) is 0 Å². The minimum Gasteiger partial charge on any atom is -0.497 e. The van der Waals surface area contributed by atoms with Crippen molar-refractivity contribution in [3.05, 3.63) is 18.2 Å². The Kier molecular flexibility index (Phi) is 3.48. The summed E-state index contributed by atoms with van der Waals surface area (Å²) in [5.41, 5.74) is 0. The van der Waals surface area contributed by atoms with Crippen molar-refractivity contribution in [2.75, 3.05) is 7.11 Å². The van der Waals surface area contributed by atoms with Crippen LogP contribution < -0.4 is 15.3 Å². The number of hydrogen-bond acceptors (Lipinski definition) is 2. The average Bonchev–Trinajstić information content (AvgIpc) is 2.04. The quantitative estimate of drug-likeness (QED) is 0.662. The van der Waals surface area contributed by atoms with Gasteiger partial charge in [0, 0.05) is 8.58 Å². The Balaban J connectivity index is 2.99. The molecule has 1 aromatic rings. The fraction of sp³-hybridized carbons (Fsp3) is 0.125. The fourth-order valence-corrected chi connectivity index (χ4v) is 1.97. The Morgan fingerprint density at radius 1 is 1.50 bits per heavy atom. The molecule has 0 radical (unpaired) electrons. The summed E-state index contributed by atoms with van der Waals surface area (Å²) < 4.78 is 5.06. The van der Waals surface area contributed by atoms with E-state index in [1.165, 1.54) is 0 Å². The lowest BCUT2D eigenvalue weighted by molar-refractivity contribution is 0.415. The van der Waals surface area contributed by atoms with Gasteiger partial charge in [-0.15, -0.1) is 9.24 Å². The number of benzene rings is 1. The highest BCUT2D eigenvalue weighted by atomic mass is 31.1. The summed E-state index contributed by atoms with van der Waals surface area (Å²) in [5.74, 6) is 2.93. The number of rotatable bonds is 2. The lowest BCUT2D eigenvalue weighted by Gasteiger charge is -2.02. The maximum atomic E-state index is 8.49. The average molecular weight is 197 g/mol. The SMILES string of the molecule is COc1cc(P)cc(PC#N)c1. The van der Waals surface area contributed by atoms with Crippen LogP contribution in [-0.2, 0) is 0 Å². The third-order valence-corrected chi connectivity index (χ3v) is 2.39. The minimum absolute atomic E-state index is 0.195. The summed E-state index contributed by atoms with van der Waals surface area (Å²) in [6.07, 6.45) is 0. The second-order valence-corrected chi connectivity index (χ2v) is 3.95. The molecule has 0 bridgehead atoms. The van der Waals surface area contributed by atoms with Crippen LogP contribution in [0.5, 0.6) is 5.75 Å². The van der Waals surface area contributed by atoms with E-state index in [0.29, 0.717) is 0 Å². The standard InChI is InChI=1S/C8H9NOP2/c1-10-6-2-7(11)4-8(3-6)12-5-9/h2-4,12H,11H2,1H3. The molecular formula is C8H9NOP2. The number of methoxy groups -OCH3 is 1. The predicted molar refractivity (Wildman–Crippen MR) is 55.9 cm³/mol. The zero-order chi connectivity index (χ0) is 8.97. The molecular weight excluding hydrogens is 188 g/mol. The number of nitriles is 1. The van der Waals surface area contributed by atoms with Crippen molar-refractivity contribution in [2.24, 2.45) is 0 Å². The van der Waals surface area contributed by atoms with Gasteiger partial charge in [0.05, 0.1) is 12.9 Å². The molecule has 12 heavy (non-hydrogen) atoms. The third kappa shape index (κ3) is 2.45. The zero-order valence-electron chi connectivity index (χ0n) is 6.66. The Labute approximate surface area is 75.9 Å². The number of hydrogen-bond donors (Lipinski definition) is 0. The zero-order valence-corrected chi connectivity index (χ0v) is 8.82. The molecule has 0 heterocycles. The van der Waals surface area contributed by atoms with Crippen LogP contribution in [0.4, 0.5) is 0 Å². The van der Waals surface area contributed by atoms with Crippen molar-refractivity contribution in [1.82, 2.24) is 0 Å². The van der Waals surface area contributed by atoms with Gasteiger partial charge in [0.25, 0.3) is 0 Å². The number of nitrogens with zero attached hydrogens (tertiary/aromatic N) is 1. The first kappa shape index (κ1) is 9.46. The van der Waals surface area contributed by atoms with E-state index in [4.69, 9.17) is 10.00 Å². The number of ether oxygens (including phenoxy) is 1. The minimum atomic E-state index is 0.195. The van der Waals surface area contributed by atoms with Crippen LogP contribution in [-0.4, -0.2) is 7.11 Å². The largest absolute Gasteiger partial charge is 0.497 e. The molecule has 2 nitrogen and oxygen atoms in total. The van der Waals surface area contributed by atoms with Gasteiger partial charge in [-0.1, -0.05) is 0 Å². The smallest absolute Gasteiger partial charge is 0.120 e. The maximum absolute atomic E-state index is 8.49. The van der Waals surface area contributed by atoms with E-state index in [1.54, 1.807) is 7.11 Å². The van der Waals surface area contributed by atoms with Gasteiger partial charge < -0.3 is 4.74 Å². The van der Waals surface area contributed by atoms with E-state index in [0.717, 1.165) is 16.4 Å². The highest BCUT2D eigenvalue weighted by Gasteiger charge is 1.97. The summed E-state index contributed by atoms with van der Waals surface area (Å²) in [5, 5.41) is 10.6. The summed E-state index contributed by atoms with van der Waals surface area (Å²) in [4.78, 5) is 0. The van der Waals surface area contributed by atoms with Gasteiger partial charge in [-0.05, 0) is 28.8 Å². The molecule has 0 aromatic heterocycles. The molecule has 1 aromatic carbocycles. The van der Waals surface area contributed by atoms with Crippen LogP contribution >= 0.6 is 17.8 Å². The topological polar surface area (TPSA) is 33.0 Å². The molecule has 0 fully saturated rings. The molecule has 0 N–H and O–H groups in total. The molecule has 2 unspecified atom stereocenters. The van der Waals surface area contributed by atoms with Crippen molar-refractivity contribution in [2.45, 2.75) is 0 Å². The second-order valence-electron chi connectivity index (χ2n) is 2.23. The Bertz CT molecular complexity index is 319. The van der Waals surface area contributed by atoms with Gasteiger partial charge in [-0.25, -0.2) is 0 Å². The summed E-state index contributed by atoms with van der Waals surface area (Å²) in [6, 6.07) is 5.76. The Morgan fingerprint density at radius 3 is 2.83 bits per heavy atom. The van der Waals surface area contributed by atoms with E-state index in [2.05, 4.69) is 15.1 Å². The fourth-order valence-electron chi connectivity index (χ4n) is 0.877. The van der Waals surface area contributed by atoms with Crippen molar-refractivity contribution in [3.8, 4) is 11.6 Å². The molecule has 0 aliphatic heterocycles. The lowest BCUT2D eigenvalue weighted by Crippen LogP contribution is -2.03. The lowest BCUT2D eigenvalue weighted by atomic mass is 10.3. The van der Waals surface area contributed by atoms with Crippen LogP contribution in [0, 0.1) is 11.1 Å². The van der Waals surface area contributed by atoms with Crippen molar-refractivity contribution < 1.29 is 4.74 Å². The van der Waals surface area contributed by atoms with Gasteiger partial charge >= 0.3 is 0 Å². The molecule has 2 atom stereocenters. The molecule has 0 saturated heterocycles. The highest BCUT2D eigenvalue weighted by molar-refractivity contribution is 7.52. The first-order valence-corrected chi connectivity index (χ1v) is 4.93. The van der Waals surface area contributed by atoms with Crippen molar-refractivity contribution in [3.63, 3.8) is 0 Å². The summed E-state index contributed by atoms with van der Waals surface area (Å²) >= 11 is 0. The maximum Gasteiger partial charge on any atom is 0.120 e. The van der Waals surface area contributed by atoms with Gasteiger partial charge in [-0.2, -0.15) is 5.26 Å². The van der Waals surface area contributed by atoms with E-state index < -0.39 is 0 Å².